The molecule has 1 aliphatic heterocycles. The number of hydrogen-bond acceptors (Lipinski definition) is 3. The van der Waals surface area contributed by atoms with Crippen LogP contribution in [0.5, 0.6) is 5.75 Å². The SMILES string of the molecule is CC(C)(CNCc1ccc2c(c1)CCO2)C(=O)O. The van der Waals surface area contributed by atoms with Crippen LogP contribution in [-0.4, -0.2) is 24.2 Å². The van der Waals surface area contributed by atoms with Gasteiger partial charge in [-0.15, -0.1) is 0 Å². The van der Waals surface area contributed by atoms with Crippen LogP contribution in [0, 0.1) is 5.41 Å². The minimum absolute atomic E-state index is 0.454. The van der Waals surface area contributed by atoms with E-state index in [1.807, 2.05) is 12.1 Å². The smallest absolute Gasteiger partial charge is 0.310 e. The monoisotopic (exact) mass is 249 g/mol. The van der Waals surface area contributed by atoms with Gasteiger partial charge in [0.25, 0.3) is 0 Å². The van der Waals surface area contributed by atoms with E-state index in [0.29, 0.717) is 13.1 Å². The van der Waals surface area contributed by atoms with Crippen molar-refractivity contribution in [1.82, 2.24) is 5.32 Å². The van der Waals surface area contributed by atoms with Crippen LogP contribution in [0.2, 0.25) is 0 Å². The van der Waals surface area contributed by atoms with E-state index in [2.05, 4.69) is 11.4 Å². The van der Waals surface area contributed by atoms with Crippen molar-refractivity contribution in [2.24, 2.45) is 5.41 Å². The molecule has 0 aromatic heterocycles. The summed E-state index contributed by atoms with van der Waals surface area (Å²) < 4.78 is 5.45. The molecule has 0 radical (unpaired) electrons. The molecule has 1 aromatic carbocycles. The second-order valence-corrected chi connectivity index (χ2v) is 5.33. The highest BCUT2D eigenvalue weighted by Crippen LogP contribution is 2.25. The van der Waals surface area contributed by atoms with Gasteiger partial charge in [-0.1, -0.05) is 12.1 Å². The number of rotatable bonds is 5. The van der Waals surface area contributed by atoms with Crippen molar-refractivity contribution in [3.8, 4) is 5.75 Å². The van der Waals surface area contributed by atoms with Crippen LogP contribution in [0.4, 0.5) is 0 Å². The van der Waals surface area contributed by atoms with E-state index in [4.69, 9.17) is 9.84 Å². The van der Waals surface area contributed by atoms with Gasteiger partial charge in [0.1, 0.15) is 5.75 Å². The third kappa shape index (κ3) is 2.82. The van der Waals surface area contributed by atoms with Gasteiger partial charge in [-0.25, -0.2) is 0 Å². The molecule has 1 aromatic rings. The van der Waals surface area contributed by atoms with Crippen LogP contribution in [0.3, 0.4) is 0 Å². The van der Waals surface area contributed by atoms with Crippen molar-refractivity contribution in [1.29, 1.82) is 0 Å². The highest BCUT2D eigenvalue weighted by molar-refractivity contribution is 5.73. The van der Waals surface area contributed by atoms with E-state index in [1.165, 1.54) is 11.1 Å². The van der Waals surface area contributed by atoms with Crippen molar-refractivity contribution in [2.75, 3.05) is 13.2 Å². The number of carbonyl (C=O) groups is 1. The van der Waals surface area contributed by atoms with Gasteiger partial charge in [-0.2, -0.15) is 0 Å². The summed E-state index contributed by atoms with van der Waals surface area (Å²) in [4.78, 5) is 11.0. The molecule has 18 heavy (non-hydrogen) atoms. The average molecular weight is 249 g/mol. The summed E-state index contributed by atoms with van der Waals surface area (Å²) in [6, 6.07) is 6.13. The molecule has 0 atom stereocenters. The van der Waals surface area contributed by atoms with Crippen LogP contribution in [0.15, 0.2) is 18.2 Å². The Kier molecular flexibility index (Phi) is 3.57. The van der Waals surface area contributed by atoms with E-state index < -0.39 is 11.4 Å². The molecule has 0 spiro atoms. The van der Waals surface area contributed by atoms with Gasteiger partial charge < -0.3 is 15.2 Å². The van der Waals surface area contributed by atoms with Crippen molar-refractivity contribution in [2.45, 2.75) is 26.8 Å². The van der Waals surface area contributed by atoms with E-state index in [0.717, 1.165) is 18.8 Å². The fourth-order valence-corrected chi connectivity index (χ4v) is 1.94. The van der Waals surface area contributed by atoms with Crippen molar-refractivity contribution in [3.05, 3.63) is 29.3 Å². The first kappa shape index (κ1) is 12.9. The maximum atomic E-state index is 11.0. The topological polar surface area (TPSA) is 58.6 Å². The highest BCUT2D eigenvalue weighted by atomic mass is 16.5. The number of hydrogen-bond donors (Lipinski definition) is 2. The van der Waals surface area contributed by atoms with E-state index in [9.17, 15) is 4.79 Å². The predicted molar refractivity (Wildman–Crippen MR) is 68.8 cm³/mol. The van der Waals surface area contributed by atoms with E-state index in [1.54, 1.807) is 13.8 Å². The molecule has 0 amide bonds. The van der Waals surface area contributed by atoms with Crippen molar-refractivity contribution in [3.63, 3.8) is 0 Å². The predicted octanol–water partition coefficient (Wildman–Crippen LogP) is 1.82. The number of ether oxygens (including phenoxy) is 1. The first-order chi connectivity index (χ1) is 8.49. The lowest BCUT2D eigenvalue weighted by molar-refractivity contribution is -0.146. The standard InChI is InChI=1S/C14H19NO3/c1-14(2,13(16)17)9-15-8-10-3-4-12-11(7-10)5-6-18-12/h3-4,7,15H,5-6,8-9H2,1-2H3,(H,16,17). The normalized spacial score (nSPS) is 14.1. The Morgan fingerprint density at radius 2 is 2.28 bits per heavy atom. The minimum Gasteiger partial charge on any atom is -0.493 e. The molecule has 2 rings (SSSR count). The third-order valence-electron chi connectivity index (χ3n) is 3.23. The quantitative estimate of drug-likeness (QED) is 0.835. The maximum absolute atomic E-state index is 11.0. The summed E-state index contributed by atoms with van der Waals surface area (Å²) in [5.41, 5.74) is 1.67. The summed E-state index contributed by atoms with van der Waals surface area (Å²) in [6.45, 7) is 5.34. The molecule has 0 unspecified atom stereocenters. The van der Waals surface area contributed by atoms with E-state index in [-0.39, 0.29) is 0 Å². The largest absolute Gasteiger partial charge is 0.493 e. The second-order valence-electron chi connectivity index (χ2n) is 5.33. The molecule has 4 heteroatoms. The van der Waals surface area contributed by atoms with Crippen LogP contribution in [0.25, 0.3) is 0 Å². The second kappa shape index (κ2) is 4.98. The number of benzene rings is 1. The van der Waals surface area contributed by atoms with Crippen LogP contribution in [-0.2, 0) is 17.8 Å². The summed E-state index contributed by atoms with van der Waals surface area (Å²) in [6.07, 6.45) is 0.962. The summed E-state index contributed by atoms with van der Waals surface area (Å²) >= 11 is 0. The fourth-order valence-electron chi connectivity index (χ4n) is 1.94. The maximum Gasteiger partial charge on any atom is 0.310 e. The van der Waals surface area contributed by atoms with Crippen LogP contribution >= 0.6 is 0 Å². The highest BCUT2D eigenvalue weighted by Gasteiger charge is 2.26. The number of aliphatic carboxylic acids is 1. The van der Waals surface area contributed by atoms with Gasteiger partial charge in [0.15, 0.2) is 0 Å². The molecular formula is C14H19NO3. The van der Waals surface area contributed by atoms with Crippen molar-refractivity contribution < 1.29 is 14.6 Å². The van der Waals surface area contributed by atoms with Gasteiger partial charge >= 0.3 is 5.97 Å². The number of carboxylic acids is 1. The molecule has 0 fully saturated rings. The molecular weight excluding hydrogens is 230 g/mol. The molecule has 0 bridgehead atoms. The molecule has 2 N–H and O–H groups in total. The molecule has 1 aliphatic rings. The Morgan fingerprint density at radius 3 is 3.00 bits per heavy atom. The zero-order valence-corrected chi connectivity index (χ0v) is 10.8. The lowest BCUT2D eigenvalue weighted by Crippen LogP contribution is -2.35. The lowest BCUT2D eigenvalue weighted by Gasteiger charge is -2.19. The summed E-state index contributed by atoms with van der Waals surface area (Å²) in [7, 11) is 0. The number of carboxylic acid groups (broad SMARTS) is 1. The summed E-state index contributed by atoms with van der Waals surface area (Å²) in [5.74, 6) is 0.196. The molecule has 1 heterocycles. The van der Waals surface area contributed by atoms with Crippen LogP contribution in [0.1, 0.15) is 25.0 Å². The Balaban J connectivity index is 1.89. The molecule has 0 saturated heterocycles. The van der Waals surface area contributed by atoms with Crippen LogP contribution < -0.4 is 10.1 Å². The van der Waals surface area contributed by atoms with Gasteiger partial charge in [-0.3, -0.25) is 4.79 Å². The first-order valence-corrected chi connectivity index (χ1v) is 6.18. The third-order valence-corrected chi connectivity index (χ3v) is 3.23. The van der Waals surface area contributed by atoms with Gasteiger partial charge in [0.2, 0.25) is 0 Å². The minimum atomic E-state index is -0.780. The first-order valence-electron chi connectivity index (χ1n) is 6.18. The Morgan fingerprint density at radius 1 is 1.50 bits per heavy atom. The Hall–Kier alpha value is -1.55. The molecule has 0 aliphatic carbocycles. The van der Waals surface area contributed by atoms with Gasteiger partial charge in [0.05, 0.1) is 12.0 Å². The summed E-state index contributed by atoms with van der Waals surface area (Å²) in [5, 5.41) is 12.2. The zero-order valence-electron chi connectivity index (χ0n) is 10.8. The Labute approximate surface area is 107 Å². The lowest BCUT2D eigenvalue weighted by atomic mass is 9.94. The molecule has 98 valence electrons. The van der Waals surface area contributed by atoms with Crippen molar-refractivity contribution >= 4 is 5.97 Å². The average Bonchev–Trinajstić information content (AvgIpc) is 2.75. The molecule has 0 saturated carbocycles. The van der Waals surface area contributed by atoms with E-state index >= 15 is 0 Å². The number of fused-ring (bicyclic) bond motifs is 1. The van der Waals surface area contributed by atoms with Gasteiger partial charge in [-0.05, 0) is 31.0 Å². The number of nitrogens with one attached hydrogen (secondary N) is 1. The zero-order chi connectivity index (χ0) is 13.2. The van der Waals surface area contributed by atoms with Gasteiger partial charge in [0, 0.05) is 19.5 Å². The fraction of sp³-hybridized carbons (Fsp3) is 0.500. The molecule has 4 nitrogen and oxygen atoms in total. The Bertz CT molecular complexity index is 454.